The molecule has 0 aliphatic rings. The maximum Gasteiger partial charge on any atom is 0.226 e. The summed E-state index contributed by atoms with van der Waals surface area (Å²) in [5.41, 5.74) is -1.66. The molecule has 0 saturated carbocycles. The average Bonchev–Trinajstić information content (AvgIpc) is 2.85. The molecule has 0 bridgehead atoms. The molecule has 0 aliphatic carbocycles. The van der Waals surface area contributed by atoms with E-state index in [1.54, 1.807) is 0 Å². The van der Waals surface area contributed by atoms with Crippen LogP contribution < -0.4 is 0 Å². The SMILES string of the molecule is [CH2]CCc1c(C(Cl)(Cl)C(Cl)(Cl)C(Cl)(Cl)C(Cl)(Cl)Cl)cc(C(Cl)(Cl)C(Cl)(Cl)C(Cl)(Cl)C(Cl)(Cl)Cl)cc1C(Cl)(Cl)C(Cl)(Cl)C(Cl)(Cl)C(Cl)(Cl)Cl. The van der Waals surface area contributed by atoms with E-state index in [1.165, 1.54) is 0 Å². The maximum absolute atomic E-state index is 6.88. The van der Waals surface area contributed by atoms with Crippen molar-refractivity contribution >= 4 is 313 Å². The van der Waals surface area contributed by atoms with Crippen LogP contribution in [0.5, 0.6) is 0 Å². The number of hydrogen-bond donors (Lipinski definition) is 0. The first-order valence-electron chi connectivity index (χ1n) is 11.1. The minimum absolute atomic E-state index is 0.0154. The molecule has 0 atom stereocenters. The highest BCUT2D eigenvalue weighted by Gasteiger charge is 2.73. The van der Waals surface area contributed by atoms with Gasteiger partial charge in [-0.2, -0.15) is 0 Å². The Kier molecular flexibility index (Phi) is 18.6. The van der Waals surface area contributed by atoms with Gasteiger partial charge in [-0.15, -0.1) is 0 Å². The Morgan fingerprint density at radius 3 is 0.792 bits per heavy atom. The van der Waals surface area contributed by atoms with Crippen LogP contribution in [0.15, 0.2) is 12.1 Å². The highest BCUT2D eigenvalue weighted by Crippen LogP contribution is 2.70. The van der Waals surface area contributed by atoms with E-state index in [2.05, 4.69) is 6.92 Å². The predicted octanol–water partition coefficient (Wildman–Crippen LogP) is 18.5. The molecule has 1 aromatic rings. The third-order valence-corrected chi connectivity index (χ3v) is 22.5. The molecule has 281 valence electrons. The highest BCUT2D eigenvalue weighted by atomic mass is 35.6. The van der Waals surface area contributed by atoms with Crippen molar-refractivity contribution in [1.82, 2.24) is 0 Å². The van der Waals surface area contributed by atoms with Crippen molar-refractivity contribution < 1.29 is 0 Å². The van der Waals surface area contributed by atoms with E-state index in [0.29, 0.717) is 0 Å². The lowest BCUT2D eigenvalue weighted by Gasteiger charge is -2.48. The Labute approximate surface area is 411 Å². The van der Waals surface area contributed by atoms with Crippen LogP contribution in [0.1, 0.15) is 28.7 Å². The normalized spacial score (nSPS) is 16.1. The summed E-state index contributed by atoms with van der Waals surface area (Å²) < 4.78 is -34.0. The van der Waals surface area contributed by atoms with E-state index in [1.807, 2.05) is 0 Å². The second kappa shape index (κ2) is 16.8. The quantitative estimate of drug-likeness (QED) is 0.194. The summed E-state index contributed by atoms with van der Waals surface area (Å²) in [5, 5.41) is 0. The molecule has 0 saturated heterocycles. The Morgan fingerprint density at radius 2 is 0.583 bits per heavy atom. The van der Waals surface area contributed by atoms with Crippen LogP contribution in [0.2, 0.25) is 0 Å². The zero-order valence-electron chi connectivity index (χ0n) is 21.5. The standard InChI is InChI=1S/C21H8Cl27/c1-2-3-7-8(11(24,25)14(30,31)17(36,37)20(43,44)45)4-6(10(22,23)13(28,29)16(34,35)19(40,41)42)5-9(7)12(26,27)15(32,33)18(38,39)21(46,47)48/h4-5H,1-3H2. The molecule has 0 nitrogen and oxygen atoms in total. The summed E-state index contributed by atoms with van der Waals surface area (Å²) >= 11 is 173. The lowest BCUT2D eigenvalue weighted by Crippen LogP contribution is -2.57. The van der Waals surface area contributed by atoms with Crippen molar-refractivity contribution in [2.75, 3.05) is 0 Å². The maximum atomic E-state index is 6.88. The molecule has 1 rings (SSSR count). The summed E-state index contributed by atoms with van der Waals surface area (Å²) in [6.07, 6.45) is -0.232. The lowest BCUT2D eigenvalue weighted by molar-refractivity contribution is 0.573. The third kappa shape index (κ3) is 9.19. The molecular formula is C21H8Cl27. The average molecular weight is 1220 g/mol. The Bertz CT molecular complexity index is 1250. The topological polar surface area (TPSA) is 0 Å². The van der Waals surface area contributed by atoms with E-state index in [9.17, 15) is 0 Å². The lowest BCUT2D eigenvalue weighted by atomic mass is 9.86. The van der Waals surface area contributed by atoms with Gasteiger partial charge in [0.1, 0.15) is 0 Å². The fraction of sp³-hybridized carbons (Fsp3) is 0.667. The summed E-state index contributed by atoms with van der Waals surface area (Å²) in [6, 6.07) is 1.96. The van der Waals surface area contributed by atoms with Gasteiger partial charge in [-0.3, -0.25) is 0 Å². The molecular weight excluding hydrogens is 1210 g/mol. The molecule has 0 spiro atoms. The Hall–Kier alpha value is 7.05. The van der Waals surface area contributed by atoms with E-state index in [4.69, 9.17) is 313 Å². The van der Waals surface area contributed by atoms with Gasteiger partial charge < -0.3 is 0 Å². The van der Waals surface area contributed by atoms with E-state index >= 15 is 0 Å². The Morgan fingerprint density at radius 1 is 0.354 bits per heavy atom. The smallest absolute Gasteiger partial charge is 0.0943 e. The summed E-state index contributed by atoms with van der Waals surface area (Å²) in [6.45, 7) is 3.79. The summed E-state index contributed by atoms with van der Waals surface area (Å²) in [5.74, 6) is 0. The van der Waals surface area contributed by atoms with Crippen LogP contribution in [-0.2, 0) is 19.4 Å². The molecule has 0 aromatic heterocycles. The van der Waals surface area contributed by atoms with Crippen LogP contribution in [-0.4, -0.2) is 37.4 Å². The monoisotopic (exact) mass is 1200 g/mol. The number of alkyl halides is 27. The van der Waals surface area contributed by atoms with Crippen LogP contribution in [0.25, 0.3) is 0 Å². The fourth-order valence-corrected chi connectivity index (χ4v) is 10.3. The largest absolute Gasteiger partial charge is 0.226 e. The summed E-state index contributed by atoms with van der Waals surface area (Å²) in [7, 11) is 0. The van der Waals surface area contributed by atoms with Crippen LogP contribution in [0.3, 0.4) is 0 Å². The molecule has 1 radical (unpaired) electrons. The molecule has 0 aliphatic heterocycles. The molecule has 0 unspecified atom stereocenters. The van der Waals surface area contributed by atoms with Crippen molar-refractivity contribution in [3.8, 4) is 0 Å². The third-order valence-electron chi connectivity index (χ3n) is 6.15. The number of halogens is 27. The Balaban J connectivity index is 4.74. The second-order valence-corrected chi connectivity index (χ2v) is 28.1. The number of rotatable bonds is 11. The number of benzene rings is 1. The zero-order valence-corrected chi connectivity index (χ0v) is 41.9. The van der Waals surface area contributed by atoms with Crippen molar-refractivity contribution in [3.63, 3.8) is 0 Å². The van der Waals surface area contributed by atoms with Crippen LogP contribution in [0.4, 0.5) is 0 Å². The van der Waals surface area contributed by atoms with Gasteiger partial charge >= 0.3 is 0 Å². The van der Waals surface area contributed by atoms with E-state index < -0.39 is 67.1 Å². The van der Waals surface area contributed by atoms with Crippen molar-refractivity contribution in [2.45, 2.75) is 63.2 Å². The predicted molar refractivity (Wildman–Crippen MR) is 228 cm³/mol. The molecule has 0 heterocycles. The zero-order chi connectivity index (χ0) is 39.1. The fourth-order valence-electron chi connectivity index (χ4n) is 3.50. The minimum Gasteiger partial charge on any atom is -0.0943 e. The van der Waals surface area contributed by atoms with Gasteiger partial charge in [-0.1, -0.05) is 320 Å². The molecule has 0 N–H and O–H groups in total. The first-order chi connectivity index (χ1) is 20.5. The van der Waals surface area contributed by atoms with Gasteiger partial charge in [0.15, 0.2) is 26.0 Å². The van der Waals surface area contributed by atoms with Gasteiger partial charge in [0.05, 0.1) is 0 Å². The van der Waals surface area contributed by atoms with Crippen LogP contribution in [0, 0.1) is 6.92 Å². The first kappa shape index (κ1) is 53.1. The molecule has 1 aromatic carbocycles. The van der Waals surface area contributed by atoms with Crippen LogP contribution >= 0.6 is 313 Å². The molecule has 0 amide bonds. The first-order valence-corrected chi connectivity index (χ1v) is 21.3. The van der Waals surface area contributed by atoms with Gasteiger partial charge in [0, 0.05) is 0 Å². The number of hydrogen-bond acceptors (Lipinski definition) is 0. The molecule has 0 fully saturated rings. The minimum atomic E-state index is -2.94. The van der Waals surface area contributed by atoms with Gasteiger partial charge in [-0.25, -0.2) is 0 Å². The van der Waals surface area contributed by atoms with Gasteiger partial charge in [-0.05, 0) is 47.2 Å². The second-order valence-electron chi connectivity index (χ2n) is 9.32. The van der Waals surface area contributed by atoms with E-state index in [0.717, 1.165) is 12.1 Å². The van der Waals surface area contributed by atoms with Gasteiger partial charge in [0.25, 0.3) is 0 Å². The molecule has 48 heavy (non-hydrogen) atoms. The van der Waals surface area contributed by atoms with Crippen molar-refractivity contribution in [2.24, 2.45) is 0 Å². The van der Waals surface area contributed by atoms with Crippen molar-refractivity contribution in [3.05, 3.63) is 41.3 Å². The summed E-state index contributed by atoms with van der Waals surface area (Å²) in [4.78, 5) is 0. The highest BCUT2D eigenvalue weighted by molar-refractivity contribution is 6.82. The van der Waals surface area contributed by atoms with E-state index in [-0.39, 0.29) is 18.4 Å². The van der Waals surface area contributed by atoms with Gasteiger partial charge in [0.2, 0.25) is 24.4 Å². The molecule has 27 heteroatoms. The van der Waals surface area contributed by atoms with Crippen molar-refractivity contribution in [1.29, 1.82) is 0 Å².